The van der Waals surface area contributed by atoms with Crippen LogP contribution in [0.25, 0.3) is 99.5 Å². The predicted octanol–water partition coefficient (Wildman–Crippen LogP) is 11.9. The second-order valence-electron chi connectivity index (χ2n) is 12.4. The van der Waals surface area contributed by atoms with Crippen molar-refractivity contribution in [1.82, 2.24) is 15.0 Å². The number of nitrogens with zero attached hydrogens (tertiary/aromatic N) is 3. The molecule has 0 aliphatic carbocycles. The molecule has 4 heteroatoms. The van der Waals surface area contributed by atoms with Crippen LogP contribution in [0.5, 0.6) is 0 Å². The van der Waals surface area contributed by atoms with E-state index in [2.05, 4.69) is 152 Å². The lowest BCUT2D eigenvalue weighted by Gasteiger charge is -2.11. The highest BCUT2D eigenvalue weighted by Crippen LogP contribution is 2.39. The maximum Gasteiger partial charge on any atom is 0.164 e. The minimum Gasteiger partial charge on any atom is -0.456 e. The summed E-state index contributed by atoms with van der Waals surface area (Å²) >= 11 is 0. The number of rotatable bonds is 4. The van der Waals surface area contributed by atoms with Crippen LogP contribution in [0.3, 0.4) is 0 Å². The Morgan fingerprint density at radius 2 is 0.878 bits per heavy atom. The molecule has 0 N–H and O–H groups in total. The largest absolute Gasteiger partial charge is 0.456 e. The third kappa shape index (κ3) is 4.65. The standard InChI is InChI=1S/C45H27N3O/c1-3-12-31-25-33(21-19-28(31)9-1)34-23-24-40-39(27-34)42-38(17-8-18-41(42)49-40)45-47-43(35-22-20-29-10-2-4-13-32(29)26-35)46-44(48-45)37-16-7-14-30-11-5-6-15-36(30)37/h1-27H. The van der Waals surface area contributed by atoms with Crippen molar-refractivity contribution in [2.45, 2.75) is 0 Å². The van der Waals surface area contributed by atoms with Crippen molar-refractivity contribution in [3.63, 3.8) is 0 Å². The maximum absolute atomic E-state index is 6.44. The third-order valence-corrected chi connectivity index (χ3v) is 9.49. The topological polar surface area (TPSA) is 51.8 Å². The summed E-state index contributed by atoms with van der Waals surface area (Å²) in [6.07, 6.45) is 0. The molecule has 0 unspecified atom stereocenters. The Bertz CT molecular complexity index is 2900. The van der Waals surface area contributed by atoms with E-state index < -0.39 is 0 Å². The number of furan rings is 1. The Kier molecular flexibility index (Phi) is 6.15. The van der Waals surface area contributed by atoms with E-state index in [0.29, 0.717) is 17.5 Å². The van der Waals surface area contributed by atoms with Crippen LogP contribution in [0.1, 0.15) is 0 Å². The van der Waals surface area contributed by atoms with Crippen LogP contribution >= 0.6 is 0 Å². The molecule has 0 fully saturated rings. The monoisotopic (exact) mass is 625 g/mol. The first kappa shape index (κ1) is 27.5. The lowest BCUT2D eigenvalue weighted by Crippen LogP contribution is -2.01. The molecule has 49 heavy (non-hydrogen) atoms. The van der Waals surface area contributed by atoms with Crippen molar-refractivity contribution in [2.24, 2.45) is 0 Å². The number of hydrogen-bond acceptors (Lipinski definition) is 4. The summed E-state index contributed by atoms with van der Waals surface area (Å²) in [4.78, 5) is 15.5. The summed E-state index contributed by atoms with van der Waals surface area (Å²) in [5.41, 5.74) is 6.70. The van der Waals surface area contributed by atoms with Crippen molar-refractivity contribution in [2.75, 3.05) is 0 Å². The van der Waals surface area contributed by atoms with Crippen molar-refractivity contribution in [1.29, 1.82) is 0 Å². The molecule has 0 aliphatic rings. The van der Waals surface area contributed by atoms with Gasteiger partial charge in [0, 0.05) is 27.5 Å². The summed E-state index contributed by atoms with van der Waals surface area (Å²) in [6, 6.07) is 57.0. The van der Waals surface area contributed by atoms with Crippen molar-refractivity contribution < 1.29 is 4.42 Å². The Morgan fingerprint density at radius 1 is 0.327 bits per heavy atom. The van der Waals surface area contributed by atoms with Crippen LogP contribution in [0, 0.1) is 0 Å². The minimum absolute atomic E-state index is 0.602. The molecular formula is C45H27N3O. The van der Waals surface area contributed by atoms with Crippen molar-refractivity contribution in [3.05, 3.63) is 164 Å². The molecular weight excluding hydrogens is 599 g/mol. The van der Waals surface area contributed by atoms with Gasteiger partial charge in [0.25, 0.3) is 0 Å². The van der Waals surface area contributed by atoms with E-state index in [-0.39, 0.29) is 0 Å². The number of benzene rings is 8. The molecule has 0 aliphatic heterocycles. The summed E-state index contributed by atoms with van der Waals surface area (Å²) in [5, 5.41) is 8.99. The average Bonchev–Trinajstić information content (AvgIpc) is 3.55. The Hall–Kier alpha value is -6.65. The van der Waals surface area contributed by atoms with E-state index in [9.17, 15) is 0 Å². The number of aromatic nitrogens is 3. The summed E-state index contributed by atoms with van der Waals surface area (Å²) < 4.78 is 6.44. The highest BCUT2D eigenvalue weighted by molar-refractivity contribution is 6.13. The predicted molar refractivity (Wildman–Crippen MR) is 201 cm³/mol. The van der Waals surface area contributed by atoms with E-state index in [1.165, 1.54) is 16.2 Å². The number of hydrogen-bond donors (Lipinski definition) is 0. The molecule has 0 saturated heterocycles. The van der Waals surface area contributed by atoms with Gasteiger partial charge in [-0.25, -0.2) is 15.0 Å². The van der Waals surface area contributed by atoms with Gasteiger partial charge < -0.3 is 4.42 Å². The fourth-order valence-electron chi connectivity index (χ4n) is 7.06. The highest BCUT2D eigenvalue weighted by atomic mass is 16.3. The third-order valence-electron chi connectivity index (χ3n) is 9.49. The van der Waals surface area contributed by atoms with Crippen LogP contribution in [0.15, 0.2) is 168 Å². The zero-order chi connectivity index (χ0) is 32.3. The van der Waals surface area contributed by atoms with Gasteiger partial charge in [-0.05, 0) is 73.8 Å². The van der Waals surface area contributed by atoms with Gasteiger partial charge in [-0.15, -0.1) is 0 Å². The second kappa shape index (κ2) is 11.0. The molecule has 10 rings (SSSR count). The van der Waals surface area contributed by atoms with Gasteiger partial charge >= 0.3 is 0 Å². The fraction of sp³-hybridized carbons (Fsp3) is 0. The van der Waals surface area contributed by atoms with Crippen LogP contribution in [0.4, 0.5) is 0 Å². The molecule has 0 spiro atoms. The summed E-state index contributed by atoms with van der Waals surface area (Å²) in [6.45, 7) is 0. The smallest absolute Gasteiger partial charge is 0.164 e. The van der Waals surface area contributed by atoms with Gasteiger partial charge in [-0.2, -0.15) is 0 Å². The normalized spacial score (nSPS) is 11.7. The van der Waals surface area contributed by atoms with Crippen LogP contribution in [-0.2, 0) is 0 Å². The molecule has 4 nitrogen and oxygen atoms in total. The second-order valence-corrected chi connectivity index (χ2v) is 12.4. The van der Waals surface area contributed by atoms with Crippen LogP contribution in [-0.4, -0.2) is 15.0 Å². The summed E-state index contributed by atoms with van der Waals surface area (Å²) in [7, 11) is 0. The average molecular weight is 626 g/mol. The van der Waals surface area contributed by atoms with Crippen molar-refractivity contribution in [3.8, 4) is 45.3 Å². The highest BCUT2D eigenvalue weighted by Gasteiger charge is 2.19. The molecule has 2 aromatic heterocycles. The molecule has 10 aromatic rings. The van der Waals surface area contributed by atoms with Crippen LogP contribution in [0.2, 0.25) is 0 Å². The Balaban J connectivity index is 1.21. The molecule has 0 radical (unpaired) electrons. The van der Waals surface area contributed by atoms with Gasteiger partial charge in [-0.1, -0.05) is 133 Å². The van der Waals surface area contributed by atoms with Gasteiger partial charge in [0.1, 0.15) is 11.2 Å². The quantitative estimate of drug-likeness (QED) is 0.195. The van der Waals surface area contributed by atoms with Gasteiger partial charge in [0.15, 0.2) is 17.5 Å². The molecule has 8 aromatic carbocycles. The Morgan fingerprint density at radius 3 is 1.67 bits per heavy atom. The molecule has 0 bridgehead atoms. The lowest BCUT2D eigenvalue weighted by molar-refractivity contribution is 0.669. The van der Waals surface area contributed by atoms with Gasteiger partial charge in [0.2, 0.25) is 0 Å². The van der Waals surface area contributed by atoms with E-state index in [0.717, 1.165) is 65.9 Å². The van der Waals surface area contributed by atoms with E-state index in [4.69, 9.17) is 19.4 Å². The molecule has 2 heterocycles. The van der Waals surface area contributed by atoms with E-state index >= 15 is 0 Å². The van der Waals surface area contributed by atoms with E-state index in [1.807, 2.05) is 12.1 Å². The zero-order valence-electron chi connectivity index (χ0n) is 26.3. The zero-order valence-corrected chi connectivity index (χ0v) is 26.3. The summed E-state index contributed by atoms with van der Waals surface area (Å²) in [5.74, 6) is 1.86. The Labute approximate surface area is 282 Å². The van der Waals surface area contributed by atoms with Crippen LogP contribution < -0.4 is 0 Å². The van der Waals surface area contributed by atoms with E-state index in [1.54, 1.807) is 0 Å². The fourth-order valence-corrected chi connectivity index (χ4v) is 7.06. The lowest BCUT2D eigenvalue weighted by atomic mass is 9.98. The number of fused-ring (bicyclic) bond motifs is 6. The molecule has 0 amide bonds. The first-order valence-electron chi connectivity index (χ1n) is 16.4. The molecule has 0 atom stereocenters. The SMILES string of the molecule is c1ccc2cc(-c3ccc4oc5cccc(-c6nc(-c7ccc8ccccc8c7)nc(-c7cccc8ccccc78)n6)c5c4c3)ccc2c1. The van der Waals surface area contributed by atoms with Gasteiger partial charge in [0.05, 0.1) is 0 Å². The molecule has 228 valence electrons. The first-order valence-corrected chi connectivity index (χ1v) is 16.4. The maximum atomic E-state index is 6.44. The molecule has 0 saturated carbocycles. The minimum atomic E-state index is 0.602. The van der Waals surface area contributed by atoms with Gasteiger partial charge in [-0.3, -0.25) is 0 Å². The van der Waals surface area contributed by atoms with Crippen molar-refractivity contribution >= 4 is 54.3 Å². The first-order chi connectivity index (χ1) is 24.2.